The Kier molecular flexibility index (Phi) is 5.94. The van der Waals surface area contributed by atoms with Gasteiger partial charge >= 0.3 is 0 Å². The van der Waals surface area contributed by atoms with Gasteiger partial charge in [0.05, 0.1) is 0 Å². The Balaban J connectivity index is 1.24. The highest BCUT2D eigenvalue weighted by Crippen LogP contribution is 2.31. The van der Waals surface area contributed by atoms with Gasteiger partial charge in [0.2, 0.25) is 11.8 Å². The smallest absolute Gasteiger partial charge is 0.246 e. The summed E-state index contributed by atoms with van der Waals surface area (Å²) in [5.41, 5.74) is 2.08. The van der Waals surface area contributed by atoms with Gasteiger partial charge in [-0.3, -0.25) is 9.59 Å². The van der Waals surface area contributed by atoms with E-state index in [4.69, 9.17) is 4.74 Å². The lowest BCUT2D eigenvalue weighted by Crippen LogP contribution is -2.50. The number of carbonyl (C=O) groups is 2. The van der Waals surface area contributed by atoms with Gasteiger partial charge in [-0.05, 0) is 42.2 Å². The molecule has 2 fully saturated rings. The molecule has 5 heteroatoms. The normalized spacial score (nSPS) is 16.8. The minimum atomic E-state index is -0.00655. The Labute approximate surface area is 171 Å². The van der Waals surface area contributed by atoms with E-state index in [2.05, 4.69) is 0 Å². The number of hydrogen-bond acceptors (Lipinski definition) is 3. The molecule has 5 nitrogen and oxygen atoms in total. The second kappa shape index (κ2) is 8.95. The quantitative estimate of drug-likeness (QED) is 0.711. The van der Waals surface area contributed by atoms with Crippen molar-refractivity contribution in [2.75, 3.05) is 26.2 Å². The maximum absolute atomic E-state index is 12.4. The number of piperazine rings is 1. The molecule has 1 aliphatic heterocycles. The number of hydrogen-bond donors (Lipinski definition) is 0. The Hall–Kier alpha value is -3.08. The number of nitrogens with zero attached hydrogens (tertiary/aromatic N) is 2. The van der Waals surface area contributed by atoms with Crippen LogP contribution >= 0.6 is 0 Å². The molecule has 4 rings (SSSR count). The summed E-state index contributed by atoms with van der Waals surface area (Å²) in [5, 5.41) is 0. The first kappa shape index (κ1) is 19.2. The third-order valence-electron chi connectivity index (χ3n) is 5.38. The van der Waals surface area contributed by atoms with Crippen LogP contribution in [0.15, 0.2) is 60.7 Å². The number of benzene rings is 2. The number of ether oxygens (including phenoxy) is 1. The number of amides is 2. The predicted octanol–water partition coefficient (Wildman–Crippen LogP) is 3.36. The van der Waals surface area contributed by atoms with E-state index in [1.165, 1.54) is 0 Å². The van der Waals surface area contributed by atoms with Crippen LogP contribution in [0.3, 0.4) is 0 Å². The maximum Gasteiger partial charge on any atom is 0.246 e. The van der Waals surface area contributed by atoms with Crippen LogP contribution in [-0.4, -0.2) is 47.8 Å². The molecule has 2 aliphatic rings. The van der Waals surface area contributed by atoms with Crippen LogP contribution in [0, 0.1) is 5.92 Å². The molecular formula is C24H26N2O3. The number of rotatable bonds is 6. The van der Waals surface area contributed by atoms with Gasteiger partial charge in [0, 0.05) is 38.2 Å². The van der Waals surface area contributed by atoms with Crippen molar-refractivity contribution in [3.8, 4) is 5.75 Å². The molecule has 1 saturated carbocycles. The summed E-state index contributed by atoms with van der Waals surface area (Å²) in [5.74, 6) is 1.31. The standard InChI is InChI=1S/C24H26N2O3/c27-23(25-14-16-26(17-15-25)24(28)21-9-10-21)13-8-19-6-11-22(12-7-19)29-18-20-4-2-1-3-5-20/h1-8,11-13,21H,9-10,14-18H2/b13-8+. The van der Waals surface area contributed by atoms with Crippen LogP contribution in [0.1, 0.15) is 24.0 Å². The molecule has 0 atom stereocenters. The Morgan fingerprint density at radius 1 is 0.897 bits per heavy atom. The SMILES string of the molecule is O=C(/C=C/c1ccc(OCc2ccccc2)cc1)N1CCN(C(=O)C2CC2)CC1. The summed E-state index contributed by atoms with van der Waals surface area (Å²) in [6, 6.07) is 17.7. The van der Waals surface area contributed by atoms with Crippen LogP contribution in [0.25, 0.3) is 6.08 Å². The predicted molar refractivity (Wildman–Crippen MR) is 112 cm³/mol. The second-order valence-corrected chi connectivity index (χ2v) is 7.60. The summed E-state index contributed by atoms with van der Waals surface area (Å²) in [4.78, 5) is 28.2. The fourth-order valence-corrected chi connectivity index (χ4v) is 3.42. The third-order valence-corrected chi connectivity index (χ3v) is 5.38. The molecule has 150 valence electrons. The first-order valence-corrected chi connectivity index (χ1v) is 10.2. The molecule has 0 unspecified atom stereocenters. The fourth-order valence-electron chi connectivity index (χ4n) is 3.42. The Bertz CT molecular complexity index is 865. The molecule has 0 aromatic heterocycles. The highest BCUT2D eigenvalue weighted by Gasteiger charge is 2.34. The van der Waals surface area contributed by atoms with E-state index in [1.807, 2.05) is 70.5 Å². The van der Waals surface area contributed by atoms with Crippen molar-refractivity contribution in [2.24, 2.45) is 5.92 Å². The zero-order chi connectivity index (χ0) is 20.1. The molecular weight excluding hydrogens is 364 g/mol. The summed E-state index contributed by atoms with van der Waals surface area (Å²) in [6.45, 7) is 3.02. The van der Waals surface area contributed by atoms with Crippen LogP contribution in [0.5, 0.6) is 5.75 Å². The summed E-state index contributed by atoms with van der Waals surface area (Å²) >= 11 is 0. The molecule has 29 heavy (non-hydrogen) atoms. The monoisotopic (exact) mass is 390 g/mol. The lowest BCUT2D eigenvalue weighted by atomic mass is 10.2. The van der Waals surface area contributed by atoms with Gasteiger partial charge in [-0.2, -0.15) is 0 Å². The van der Waals surface area contributed by atoms with Crippen molar-refractivity contribution in [1.29, 1.82) is 0 Å². The fraction of sp³-hybridized carbons (Fsp3) is 0.333. The van der Waals surface area contributed by atoms with Gasteiger partial charge in [-0.25, -0.2) is 0 Å². The highest BCUT2D eigenvalue weighted by atomic mass is 16.5. The van der Waals surface area contributed by atoms with Crippen molar-refractivity contribution < 1.29 is 14.3 Å². The minimum absolute atomic E-state index is 0.00655. The molecule has 0 radical (unpaired) electrons. The van der Waals surface area contributed by atoms with E-state index in [0.717, 1.165) is 29.7 Å². The van der Waals surface area contributed by atoms with Gasteiger partial charge in [0.15, 0.2) is 0 Å². The summed E-state index contributed by atoms with van der Waals surface area (Å²) in [7, 11) is 0. The van der Waals surface area contributed by atoms with Crippen molar-refractivity contribution in [3.05, 3.63) is 71.8 Å². The van der Waals surface area contributed by atoms with Crippen molar-refractivity contribution in [3.63, 3.8) is 0 Å². The van der Waals surface area contributed by atoms with E-state index in [9.17, 15) is 9.59 Å². The van der Waals surface area contributed by atoms with Crippen LogP contribution < -0.4 is 4.74 Å². The van der Waals surface area contributed by atoms with Gasteiger partial charge in [-0.1, -0.05) is 42.5 Å². The topological polar surface area (TPSA) is 49.9 Å². The molecule has 0 N–H and O–H groups in total. The van der Waals surface area contributed by atoms with Gasteiger partial charge in [-0.15, -0.1) is 0 Å². The summed E-state index contributed by atoms with van der Waals surface area (Å²) in [6.07, 6.45) is 5.48. The Morgan fingerprint density at radius 2 is 1.55 bits per heavy atom. The first-order chi connectivity index (χ1) is 14.2. The van der Waals surface area contributed by atoms with Crippen molar-refractivity contribution in [1.82, 2.24) is 9.80 Å². The van der Waals surface area contributed by atoms with Crippen LogP contribution in [0.2, 0.25) is 0 Å². The van der Waals surface area contributed by atoms with Crippen molar-refractivity contribution in [2.45, 2.75) is 19.4 Å². The van der Waals surface area contributed by atoms with Gasteiger partial charge in [0.1, 0.15) is 12.4 Å². The minimum Gasteiger partial charge on any atom is -0.489 e. The average molecular weight is 390 g/mol. The third kappa shape index (κ3) is 5.25. The zero-order valence-corrected chi connectivity index (χ0v) is 16.5. The molecule has 1 saturated heterocycles. The van der Waals surface area contributed by atoms with Crippen molar-refractivity contribution >= 4 is 17.9 Å². The molecule has 2 amide bonds. The van der Waals surface area contributed by atoms with Crippen LogP contribution in [-0.2, 0) is 16.2 Å². The number of carbonyl (C=O) groups excluding carboxylic acids is 2. The van der Waals surface area contributed by atoms with Gasteiger partial charge < -0.3 is 14.5 Å². The zero-order valence-electron chi connectivity index (χ0n) is 16.5. The largest absolute Gasteiger partial charge is 0.489 e. The molecule has 0 spiro atoms. The summed E-state index contributed by atoms with van der Waals surface area (Å²) < 4.78 is 5.79. The lowest BCUT2D eigenvalue weighted by Gasteiger charge is -2.34. The maximum atomic E-state index is 12.4. The van der Waals surface area contributed by atoms with E-state index >= 15 is 0 Å². The molecule has 2 aromatic rings. The average Bonchev–Trinajstić information content (AvgIpc) is 3.62. The molecule has 2 aromatic carbocycles. The second-order valence-electron chi connectivity index (χ2n) is 7.60. The first-order valence-electron chi connectivity index (χ1n) is 10.2. The van der Waals surface area contributed by atoms with E-state index < -0.39 is 0 Å². The van der Waals surface area contributed by atoms with E-state index in [0.29, 0.717) is 32.8 Å². The van der Waals surface area contributed by atoms with Gasteiger partial charge in [0.25, 0.3) is 0 Å². The van der Waals surface area contributed by atoms with E-state index in [1.54, 1.807) is 6.08 Å². The molecule has 1 heterocycles. The Morgan fingerprint density at radius 3 is 2.21 bits per heavy atom. The lowest BCUT2D eigenvalue weighted by molar-refractivity contribution is -0.138. The van der Waals surface area contributed by atoms with Crippen LogP contribution in [0.4, 0.5) is 0 Å². The highest BCUT2D eigenvalue weighted by molar-refractivity contribution is 5.92. The molecule has 0 bridgehead atoms. The van der Waals surface area contributed by atoms with E-state index in [-0.39, 0.29) is 17.7 Å². The molecule has 1 aliphatic carbocycles.